The van der Waals surface area contributed by atoms with Gasteiger partial charge in [0.2, 0.25) is 0 Å². The zero-order valence-electron chi connectivity index (χ0n) is 16.6. The molecule has 3 aromatic carbocycles. The van der Waals surface area contributed by atoms with Crippen LogP contribution in [0.4, 0.5) is 0 Å². The molecule has 0 fully saturated rings. The van der Waals surface area contributed by atoms with E-state index >= 15 is 0 Å². The van der Waals surface area contributed by atoms with Crippen molar-refractivity contribution in [2.24, 2.45) is 0 Å². The Bertz CT molecular complexity index is 1350. The highest BCUT2D eigenvalue weighted by Gasteiger charge is 2.11. The molecule has 152 valence electrons. The predicted molar refractivity (Wildman–Crippen MR) is 117 cm³/mol. The minimum Gasteiger partial charge on any atom is -0.508 e. The van der Waals surface area contributed by atoms with E-state index < -0.39 is 0 Å². The largest absolute Gasteiger partial charge is 0.508 e. The van der Waals surface area contributed by atoms with E-state index in [1.165, 1.54) is 0 Å². The minimum absolute atomic E-state index is 0.199. The van der Waals surface area contributed by atoms with E-state index in [1.807, 2.05) is 54.6 Å². The van der Waals surface area contributed by atoms with Gasteiger partial charge in [-0.05, 0) is 60.7 Å². The molecule has 0 saturated carbocycles. The zero-order valence-corrected chi connectivity index (χ0v) is 16.6. The van der Waals surface area contributed by atoms with E-state index in [4.69, 9.17) is 14.5 Å². The monoisotopic (exact) mass is 410 g/mol. The van der Waals surface area contributed by atoms with Gasteiger partial charge in [0.05, 0.1) is 24.7 Å². The van der Waals surface area contributed by atoms with Crippen LogP contribution in [0.25, 0.3) is 28.0 Å². The topological polar surface area (TPSA) is 82.3 Å². The second-order valence-electron chi connectivity index (χ2n) is 6.87. The molecule has 7 nitrogen and oxygen atoms in total. The average molecular weight is 410 g/mol. The third-order valence-corrected chi connectivity index (χ3v) is 4.84. The van der Waals surface area contributed by atoms with Crippen LogP contribution in [0.5, 0.6) is 23.0 Å². The van der Waals surface area contributed by atoms with Crippen molar-refractivity contribution in [3.05, 3.63) is 85.1 Å². The summed E-state index contributed by atoms with van der Waals surface area (Å²) in [5.41, 5.74) is 2.84. The molecular weight excluding hydrogens is 392 g/mol. The van der Waals surface area contributed by atoms with E-state index in [0.29, 0.717) is 22.9 Å². The fourth-order valence-electron chi connectivity index (χ4n) is 3.23. The number of phenols is 1. The van der Waals surface area contributed by atoms with Crippen molar-refractivity contribution in [2.75, 3.05) is 7.11 Å². The molecule has 0 aliphatic heterocycles. The molecule has 0 saturated heterocycles. The van der Waals surface area contributed by atoms with Crippen molar-refractivity contribution in [1.29, 1.82) is 0 Å². The maximum atomic E-state index is 9.47. The predicted octanol–water partition coefficient (Wildman–Crippen LogP) is 4.99. The van der Waals surface area contributed by atoms with Crippen LogP contribution in [0.2, 0.25) is 0 Å². The van der Waals surface area contributed by atoms with Gasteiger partial charge in [0.25, 0.3) is 0 Å². The van der Waals surface area contributed by atoms with Crippen LogP contribution in [0, 0.1) is 0 Å². The Morgan fingerprint density at radius 1 is 0.806 bits per heavy atom. The van der Waals surface area contributed by atoms with Crippen LogP contribution in [-0.2, 0) is 0 Å². The third-order valence-electron chi connectivity index (χ3n) is 4.84. The van der Waals surface area contributed by atoms with Crippen molar-refractivity contribution in [2.45, 2.75) is 0 Å². The lowest BCUT2D eigenvalue weighted by Gasteiger charge is -2.09. The van der Waals surface area contributed by atoms with E-state index in [9.17, 15) is 5.11 Å². The average Bonchev–Trinajstić information content (AvgIpc) is 3.30. The molecule has 0 amide bonds. The smallest absolute Gasteiger partial charge is 0.153 e. The minimum atomic E-state index is 0.199. The van der Waals surface area contributed by atoms with Crippen molar-refractivity contribution < 1.29 is 14.6 Å². The number of hydrogen-bond donors (Lipinski definition) is 1. The molecule has 0 unspecified atom stereocenters. The first-order chi connectivity index (χ1) is 15.2. The van der Waals surface area contributed by atoms with Crippen molar-refractivity contribution in [1.82, 2.24) is 20.0 Å². The Kier molecular flexibility index (Phi) is 4.68. The molecule has 0 radical (unpaired) electrons. The molecular formula is C24H18N4O3. The molecule has 2 aromatic heterocycles. The second kappa shape index (κ2) is 7.79. The summed E-state index contributed by atoms with van der Waals surface area (Å²) >= 11 is 0. The lowest BCUT2D eigenvalue weighted by molar-refractivity contribution is 0.413. The number of phenolic OH excluding ortho intramolecular Hbond substituents is 1. The highest BCUT2D eigenvalue weighted by molar-refractivity contribution is 5.86. The first-order valence-electron chi connectivity index (χ1n) is 9.63. The number of nitrogens with zero attached hydrogens (tertiary/aromatic N) is 4. The summed E-state index contributed by atoms with van der Waals surface area (Å²) in [4.78, 5) is 4.79. The summed E-state index contributed by atoms with van der Waals surface area (Å²) in [7, 11) is 1.63. The van der Waals surface area contributed by atoms with Crippen LogP contribution < -0.4 is 9.47 Å². The van der Waals surface area contributed by atoms with Crippen LogP contribution in [0.3, 0.4) is 0 Å². The maximum Gasteiger partial charge on any atom is 0.153 e. The molecule has 0 bridgehead atoms. The lowest BCUT2D eigenvalue weighted by Crippen LogP contribution is -1.93. The zero-order chi connectivity index (χ0) is 21.2. The highest BCUT2D eigenvalue weighted by atomic mass is 16.5. The number of aromatic hydroxyl groups is 1. The van der Waals surface area contributed by atoms with E-state index in [1.54, 1.807) is 42.3 Å². The van der Waals surface area contributed by atoms with Crippen molar-refractivity contribution >= 4 is 10.9 Å². The Hall–Kier alpha value is -4.39. The van der Waals surface area contributed by atoms with E-state index in [0.717, 1.165) is 22.3 Å². The summed E-state index contributed by atoms with van der Waals surface area (Å²) in [6.07, 6.45) is 1.80. The first kappa shape index (κ1) is 18.6. The van der Waals surface area contributed by atoms with Gasteiger partial charge in [-0.25, -0.2) is 9.67 Å². The summed E-state index contributed by atoms with van der Waals surface area (Å²) < 4.78 is 12.9. The van der Waals surface area contributed by atoms with Gasteiger partial charge in [-0.3, -0.25) is 0 Å². The van der Waals surface area contributed by atoms with Crippen LogP contribution >= 0.6 is 0 Å². The number of hydrogen-bond acceptors (Lipinski definition) is 6. The number of fused-ring (bicyclic) bond motifs is 1. The summed E-state index contributed by atoms with van der Waals surface area (Å²) in [5.74, 6) is 2.31. The Morgan fingerprint density at radius 3 is 2.35 bits per heavy atom. The number of pyridine rings is 1. The van der Waals surface area contributed by atoms with Gasteiger partial charge >= 0.3 is 0 Å². The molecule has 0 aliphatic carbocycles. The van der Waals surface area contributed by atoms with Crippen LogP contribution in [0.15, 0.2) is 85.1 Å². The number of aromatic nitrogens is 4. The standard InChI is InChI=1S/C24H18N4O3/c1-30-19-10-12-20(13-11-19)31-23-4-2-3-16-5-14-21(25-24(16)23)22-15-28(27-26-22)17-6-8-18(29)9-7-17/h2-15,29H,1H3. The number of ether oxygens (including phenoxy) is 2. The quantitative estimate of drug-likeness (QED) is 0.440. The highest BCUT2D eigenvalue weighted by Crippen LogP contribution is 2.31. The Labute approximate surface area is 178 Å². The van der Waals surface area contributed by atoms with Gasteiger partial charge in [-0.1, -0.05) is 23.4 Å². The van der Waals surface area contributed by atoms with E-state index in [2.05, 4.69) is 10.3 Å². The molecule has 5 aromatic rings. The molecule has 5 rings (SSSR count). The molecule has 0 spiro atoms. The molecule has 1 N–H and O–H groups in total. The fourth-order valence-corrected chi connectivity index (χ4v) is 3.23. The number of rotatable bonds is 5. The molecule has 2 heterocycles. The van der Waals surface area contributed by atoms with Crippen molar-refractivity contribution in [3.8, 4) is 40.1 Å². The number of para-hydroxylation sites is 1. The van der Waals surface area contributed by atoms with Crippen molar-refractivity contribution in [3.63, 3.8) is 0 Å². The first-order valence-corrected chi connectivity index (χ1v) is 9.63. The SMILES string of the molecule is COc1ccc(Oc2cccc3ccc(-c4cn(-c5ccc(O)cc5)nn4)nc23)cc1. The fraction of sp³-hybridized carbons (Fsp3) is 0.0417. The summed E-state index contributed by atoms with van der Waals surface area (Å²) in [6, 6.07) is 23.8. The Morgan fingerprint density at radius 2 is 1.58 bits per heavy atom. The summed E-state index contributed by atoms with van der Waals surface area (Å²) in [6.45, 7) is 0. The normalized spacial score (nSPS) is 10.9. The molecule has 31 heavy (non-hydrogen) atoms. The summed E-state index contributed by atoms with van der Waals surface area (Å²) in [5, 5.41) is 18.9. The van der Waals surface area contributed by atoms with Gasteiger partial charge in [0, 0.05) is 5.39 Å². The van der Waals surface area contributed by atoms with Crippen LogP contribution in [0.1, 0.15) is 0 Å². The lowest BCUT2D eigenvalue weighted by atomic mass is 10.1. The van der Waals surface area contributed by atoms with Crippen LogP contribution in [-0.4, -0.2) is 32.2 Å². The second-order valence-corrected chi connectivity index (χ2v) is 6.87. The van der Waals surface area contributed by atoms with Gasteiger partial charge in [-0.15, -0.1) is 5.10 Å². The molecule has 0 atom stereocenters. The van der Waals surface area contributed by atoms with Gasteiger partial charge in [0.1, 0.15) is 28.5 Å². The van der Waals surface area contributed by atoms with Gasteiger partial charge in [-0.2, -0.15) is 0 Å². The van der Waals surface area contributed by atoms with E-state index in [-0.39, 0.29) is 5.75 Å². The maximum absolute atomic E-state index is 9.47. The Balaban J connectivity index is 1.49. The molecule has 0 aliphatic rings. The molecule has 7 heteroatoms. The number of benzene rings is 3. The van der Waals surface area contributed by atoms with Gasteiger partial charge < -0.3 is 14.6 Å². The number of methoxy groups -OCH3 is 1. The van der Waals surface area contributed by atoms with Gasteiger partial charge in [0.15, 0.2) is 5.75 Å². The third kappa shape index (κ3) is 3.76.